The molecule has 2 aromatic heterocycles. The maximum Gasteiger partial charge on any atom is 0.132 e. The Bertz CT molecular complexity index is 2440. The van der Waals surface area contributed by atoms with E-state index in [0.717, 1.165) is 68.7 Å². The zero-order chi connectivity index (χ0) is 37.5. The Morgan fingerprint density at radius 1 is 0.623 bits per heavy atom. The van der Waals surface area contributed by atoms with Gasteiger partial charge in [0, 0.05) is 43.7 Å². The minimum Gasteiger partial charge on any atom is -0.483 e. The van der Waals surface area contributed by atoms with Crippen molar-refractivity contribution in [1.82, 2.24) is 9.97 Å². The number of nitrogens with one attached hydrogen (secondary N) is 2. The van der Waals surface area contributed by atoms with Crippen molar-refractivity contribution in [2.75, 3.05) is 0 Å². The van der Waals surface area contributed by atoms with Crippen LogP contribution in [0.25, 0.3) is 55.8 Å². The average molecular weight is 711 g/mol. The molecule has 276 valence electrons. The Morgan fingerprint density at radius 3 is 1.55 bits per heavy atom. The summed E-state index contributed by atoms with van der Waals surface area (Å²) in [5, 5.41) is 28.3. The fraction of sp³-hybridized carbons (Fsp3) is 0.404. The summed E-state index contributed by atoms with van der Waals surface area (Å²) >= 11 is 0. The molecule has 0 saturated heterocycles. The lowest BCUT2D eigenvalue weighted by atomic mass is 9.60. The molecule has 4 unspecified atom stereocenters. The minimum absolute atomic E-state index is 0.476. The number of rotatable bonds is 10. The Balaban J connectivity index is 0.906. The van der Waals surface area contributed by atoms with Crippen molar-refractivity contribution in [3.8, 4) is 11.5 Å². The van der Waals surface area contributed by atoms with Gasteiger partial charge >= 0.3 is 0 Å². The summed E-state index contributed by atoms with van der Waals surface area (Å²) in [6.45, 7) is 16.8. The van der Waals surface area contributed by atoms with Gasteiger partial charge in [0.1, 0.15) is 22.7 Å². The molecule has 8 rings (SSSR count). The first kappa shape index (κ1) is 35.5. The molecule has 53 heavy (non-hydrogen) atoms. The van der Waals surface area contributed by atoms with Gasteiger partial charge in [0.25, 0.3) is 0 Å². The van der Waals surface area contributed by atoms with Gasteiger partial charge in [-0.1, -0.05) is 64.1 Å². The third-order valence-corrected chi connectivity index (χ3v) is 13.2. The highest BCUT2D eigenvalue weighted by molar-refractivity contribution is 6.12. The Morgan fingerprint density at radius 2 is 1.06 bits per heavy atom. The predicted octanol–water partition coefficient (Wildman–Crippen LogP) is 11.3. The summed E-state index contributed by atoms with van der Waals surface area (Å²) in [6.07, 6.45) is 10.9. The van der Waals surface area contributed by atoms with E-state index < -0.39 is 34.2 Å². The van der Waals surface area contributed by atoms with Gasteiger partial charge in [-0.25, -0.2) is 0 Å². The second-order valence-electron chi connectivity index (χ2n) is 17.5. The number of ether oxygens (including phenoxy) is 2. The largest absolute Gasteiger partial charge is 0.483 e. The van der Waals surface area contributed by atoms with E-state index in [1.54, 1.807) is 0 Å². The van der Waals surface area contributed by atoms with E-state index >= 15 is 0 Å². The number of aromatic nitrogens is 2. The minimum atomic E-state index is -0.636. The molecule has 0 spiro atoms. The van der Waals surface area contributed by atoms with Crippen LogP contribution in [0.1, 0.15) is 95.9 Å². The SMILES string of the molecule is Cc1cc2c([nH]c3ccccc32)c2c1OC(C)(CCCC(O)C(C)(C)C(C)(C)C(O)CCC1(C)C=Cc3c(c(C)cc4c3[nH]c3ccccc34)O1)C=C2. The fourth-order valence-electron chi connectivity index (χ4n) is 8.83. The summed E-state index contributed by atoms with van der Waals surface area (Å²) in [6, 6.07) is 21.3. The van der Waals surface area contributed by atoms with Crippen molar-refractivity contribution in [3.05, 3.63) is 95.1 Å². The second-order valence-corrected chi connectivity index (χ2v) is 17.5. The Kier molecular flexibility index (Phi) is 8.39. The van der Waals surface area contributed by atoms with Gasteiger partial charge in [0.2, 0.25) is 0 Å². The molecule has 6 heteroatoms. The number of fused-ring (bicyclic) bond motifs is 10. The number of aryl methyl sites for hydroxylation is 2. The fourth-order valence-corrected chi connectivity index (χ4v) is 8.83. The summed E-state index contributed by atoms with van der Waals surface area (Å²) in [5.74, 6) is 1.82. The quantitative estimate of drug-likeness (QED) is 0.114. The van der Waals surface area contributed by atoms with Crippen LogP contribution in [0.15, 0.2) is 72.8 Å². The van der Waals surface area contributed by atoms with Crippen molar-refractivity contribution in [1.29, 1.82) is 0 Å². The lowest BCUT2D eigenvalue weighted by molar-refractivity contribution is -0.108. The van der Waals surface area contributed by atoms with E-state index in [9.17, 15) is 10.2 Å². The van der Waals surface area contributed by atoms with Gasteiger partial charge in [0.15, 0.2) is 0 Å². The lowest BCUT2D eigenvalue weighted by Gasteiger charge is -2.48. The van der Waals surface area contributed by atoms with Crippen LogP contribution in [0.2, 0.25) is 0 Å². The van der Waals surface area contributed by atoms with E-state index in [1.807, 2.05) is 0 Å². The first-order valence-corrected chi connectivity index (χ1v) is 19.3. The van der Waals surface area contributed by atoms with Crippen molar-refractivity contribution in [3.63, 3.8) is 0 Å². The van der Waals surface area contributed by atoms with Crippen LogP contribution >= 0.6 is 0 Å². The average Bonchev–Trinajstić information content (AvgIpc) is 3.69. The Labute approximate surface area is 312 Å². The van der Waals surface area contributed by atoms with Crippen LogP contribution in [0.4, 0.5) is 0 Å². The highest BCUT2D eigenvalue weighted by Gasteiger charge is 2.47. The molecule has 4 heterocycles. The van der Waals surface area contributed by atoms with E-state index in [0.29, 0.717) is 19.3 Å². The van der Waals surface area contributed by atoms with Crippen molar-refractivity contribution >= 4 is 55.8 Å². The smallest absolute Gasteiger partial charge is 0.132 e. The van der Waals surface area contributed by atoms with Gasteiger partial charge in [-0.3, -0.25) is 0 Å². The normalized spacial score (nSPS) is 21.2. The van der Waals surface area contributed by atoms with Crippen molar-refractivity contribution in [2.24, 2.45) is 10.8 Å². The zero-order valence-electron chi connectivity index (χ0n) is 32.5. The maximum absolute atomic E-state index is 11.8. The Hall–Kier alpha value is -4.52. The third kappa shape index (κ3) is 5.86. The third-order valence-electron chi connectivity index (χ3n) is 13.2. The first-order valence-electron chi connectivity index (χ1n) is 19.3. The molecule has 2 aliphatic heterocycles. The summed E-state index contributed by atoms with van der Waals surface area (Å²) in [5.41, 5.74) is 6.71. The number of hydrogen-bond donors (Lipinski definition) is 4. The van der Waals surface area contributed by atoms with Gasteiger partial charge in [-0.05, 0) is 130 Å². The van der Waals surface area contributed by atoms with E-state index in [2.05, 4.69) is 150 Å². The van der Waals surface area contributed by atoms with Gasteiger partial charge < -0.3 is 29.7 Å². The topological polar surface area (TPSA) is 90.5 Å². The molecule has 0 radical (unpaired) electrons. The number of aliphatic hydroxyl groups is 2. The number of hydrogen-bond acceptors (Lipinski definition) is 4. The van der Waals surface area contributed by atoms with Crippen LogP contribution in [0, 0.1) is 24.7 Å². The molecule has 0 saturated carbocycles. The molecule has 0 amide bonds. The summed E-state index contributed by atoms with van der Waals surface area (Å²) < 4.78 is 13.5. The van der Waals surface area contributed by atoms with Crippen molar-refractivity contribution < 1.29 is 19.7 Å². The standard InChI is InChI=1S/C47H54N2O4/c1-28-26-34-30-14-9-11-16-36(30)48-40(34)32-19-23-46(7,52-42(28)32)22-13-18-38(50)44(3,4)45(5,6)39(51)21-25-47(8)24-20-33-41-35(27-29(2)43(33)53-47)31-15-10-12-17-37(31)49-41/h9-12,14-17,19-20,23-24,26-27,38-39,48-51H,13,18,21-22,25H2,1-8H3. The molecule has 4 atom stereocenters. The predicted molar refractivity (Wildman–Crippen MR) is 220 cm³/mol. The molecule has 4 N–H and O–H groups in total. The van der Waals surface area contributed by atoms with E-state index in [-0.39, 0.29) is 0 Å². The van der Waals surface area contributed by atoms with E-state index in [1.165, 1.54) is 21.5 Å². The maximum atomic E-state index is 11.8. The molecule has 0 aliphatic carbocycles. The van der Waals surface area contributed by atoms with Crippen LogP contribution in [0.5, 0.6) is 11.5 Å². The number of aromatic amines is 2. The van der Waals surface area contributed by atoms with Gasteiger partial charge in [-0.2, -0.15) is 0 Å². The molecule has 2 aliphatic rings. The number of aliphatic hydroxyl groups excluding tert-OH is 2. The molecule has 6 nitrogen and oxygen atoms in total. The monoisotopic (exact) mass is 710 g/mol. The van der Waals surface area contributed by atoms with Gasteiger partial charge in [0.05, 0.1) is 23.2 Å². The van der Waals surface area contributed by atoms with E-state index in [4.69, 9.17) is 9.47 Å². The zero-order valence-corrected chi connectivity index (χ0v) is 32.5. The van der Waals surface area contributed by atoms with Gasteiger partial charge in [-0.15, -0.1) is 0 Å². The highest BCUT2D eigenvalue weighted by atomic mass is 16.5. The number of para-hydroxylation sites is 2. The number of H-pyrrole nitrogens is 2. The molecule has 0 fully saturated rings. The number of benzene rings is 4. The lowest BCUT2D eigenvalue weighted by Crippen LogP contribution is -2.50. The van der Waals surface area contributed by atoms with Crippen LogP contribution in [0.3, 0.4) is 0 Å². The van der Waals surface area contributed by atoms with Crippen LogP contribution < -0.4 is 9.47 Å². The second kappa shape index (κ2) is 12.5. The summed E-state index contributed by atoms with van der Waals surface area (Å²) in [4.78, 5) is 7.21. The first-order chi connectivity index (χ1) is 25.1. The highest BCUT2D eigenvalue weighted by Crippen LogP contribution is 2.49. The van der Waals surface area contributed by atoms with Crippen molar-refractivity contribution in [2.45, 2.75) is 111 Å². The summed E-state index contributed by atoms with van der Waals surface area (Å²) in [7, 11) is 0. The van der Waals surface area contributed by atoms with Crippen LogP contribution in [-0.4, -0.2) is 43.6 Å². The molecular weight excluding hydrogens is 657 g/mol. The molecule has 6 aromatic rings. The van der Waals surface area contributed by atoms with Crippen LogP contribution in [-0.2, 0) is 0 Å². The molecule has 0 bridgehead atoms. The molecular formula is C47H54N2O4. The molecule has 4 aromatic carbocycles.